The second kappa shape index (κ2) is 13.8. The minimum atomic E-state index is -3.64. The van der Waals surface area contributed by atoms with E-state index in [0.717, 1.165) is 11.1 Å². The molecule has 1 atom stereocenters. The van der Waals surface area contributed by atoms with E-state index < -0.39 is 22.0 Å². The van der Waals surface area contributed by atoms with E-state index in [1.54, 1.807) is 13.0 Å². The fourth-order valence-corrected chi connectivity index (χ4v) is 5.82. The van der Waals surface area contributed by atoms with E-state index >= 15 is 0 Å². The van der Waals surface area contributed by atoms with Gasteiger partial charge in [0.15, 0.2) is 6.61 Å². The molecule has 2 amide bonds. The first kappa shape index (κ1) is 29.5. The van der Waals surface area contributed by atoms with Gasteiger partial charge in [-0.15, -0.1) is 0 Å². The van der Waals surface area contributed by atoms with E-state index in [1.807, 2.05) is 48.5 Å². The third-order valence-electron chi connectivity index (χ3n) is 6.57. The van der Waals surface area contributed by atoms with Crippen molar-refractivity contribution in [2.45, 2.75) is 31.0 Å². The molecule has 0 spiro atoms. The van der Waals surface area contributed by atoms with Crippen LogP contribution < -0.4 is 10.1 Å². The molecule has 1 N–H and O–H groups in total. The number of sulfonamides is 1. The third kappa shape index (κ3) is 7.60. The standard InChI is InChI=1S/C29H32ClN3O6S/c1-22(29(35)31-19-24-9-5-6-10-27(24)30)33(20-23-7-3-2-4-8-23)28(34)21-39-25-11-13-26(14-12-25)40(36,37)32-15-17-38-18-16-32/h2-14,22H,15-21H2,1H3,(H,31,35)/t22-/m0/s1. The highest BCUT2D eigenvalue weighted by atomic mass is 35.5. The molecule has 1 saturated heterocycles. The molecule has 3 aromatic rings. The number of carbonyl (C=O) groups is 2. The van der Waals surface area contributed by atoms with Gasteiger partial charge in [-0.3, -0.25) is 9.59 Å². The average molecular weight is 586 g/mol. The number of nitrogens with zero attached hydrogens (tertiary/aromatic N) is 2. The van der Waals surface area contributed by atoms with Crippen LogP contribution in [0.15, 0.2) is 83.8 Å². The molecule has 0 radical (unpaired) electrons. The number of ether oxygens (including phenoxy) is 2. The van der Waals surface area contributed by atoms with Crippen LogP contribution in [0, 0.1) is 0 Å². The highest BCUT2D eigenvalue weighted by Crippen LogP contribution is 2.21. The first-order valence-corrected chi connectivity index (χ1v) is 14.7. The van der Waals surface area contributed by atoms with Gasteiger partial charge < -0.3 is 19.7 Å². The minimum absolute atomic E-state index is 0.141. The molecule has 0 saturated carbocycles. The summed E-state index contributed by atoms with van der Waals surface area (Å²) in [6.07, 6.45) is 0. The molecule has 40 heavy (non-hydrogen) atoms. The lowest BCUT2D eigenvalue weighted by atomic mass is 10.1. The van der Waals surface area contributed by atoms with Gasteiger partial charge in [0.1, 0.15) is 11.8 Å². The molecule has 1 heterocycles. The molecule has 212 valence electrons. The number of nitrogens with one attached hydrogen (secondary N) is 1. The van der Waals surface area contributed by atoms with Gasteiger partial charge in [0.2, 0.25) is 15.9 Å². The van der Waals surface area contributed by atoms with Crippen molar-refractivity contribution in [1.29, 1.82) is 0 Å². The minimum Gasteiger partial charge on any atom is -0.484 e. The Kier molecular flexibility index (Phi) is 10.2. The van der Waals surface area contributed by atoms with Crippen molar-refractivity contribution in [3.63, 3.8) is 0 Å². The van der Waals surface area contributed by atoms with E-state index in [9.17, 15) is 18.0 Å². The molecule has 0 aliphatic carbocycles. The Morgan fingerprint density at radius 1 is 1.00 bits per heavy atom. The van der Waals surface area contributed by atoms with Crippen molar-refractivity contribution in [1.82, 2.24) is 14.5 Å². The van der Waals surface area contributed by atoms with E-state index in [1.165, 1.54) is 33.5 Å². The maximum absolute atomic E-state index is 13.3. The summed E-state index contributed by atoms with van der Waals surface area (Å²) in [4.78, 5) is 27.9. The van der Waals surface area contributed by atoms with Crippen molar-refractivity contribution in [3.8, 4) is 5.75 Å². The zero-order chi connectivity index (χ0) is 28.5. The summed E-state index contributed by atoms with van der Waals surface area (Å²) in [5.74, 6) is -0.388. The van der Waals surface area contributed by atoms with Crippen LogP contribution in [0.4, 0.5) is 0 Å². The van der Waals surface area contributed by atoms with Crippen LogP contribution in [0.5, 0.6) is 5.75 Å². The zero-order valence-electron chi connectivity index (χ0n) is 22.2. The predicted octanol–water partition coefficient (Wildman–Crippen LogP) is 3.47. The van der Waals surface area contributed by atoms with Crippen LogP contribution in [0.3, 0.4) is 0 Å². The summed E-state index contributed by atoms with van der Waals surface area (Å²) in [6.45, 7) is 3.09. The second-order valence-electron chi connectivity index (χ2n) is 9.27. The molecule has 1 aliphatic rings. The SMILES string of the molecule is C[C@@H](C(=O)NCc1ccccc1Cl)N(Cc1ccccc1)C(=O)COc1ccc(S(=O)(=O)N2CCOCC2)cc1. The second-order valence-corrected chi connectivity index (χ2v) is 11.6. The fourth-order valence-electron chi connectivity index (χ4n) is 4.21. The molecule has 3 aromatic carbocycles. The zero-order valence-corrected chi connectivity index (χ0v) is 23.7. The Morgan fingerprint density at radius 2 is 1.65 bits per heavy atom. The number of morpholine rings is 1. The highest BCUT2D eigenvalue weighted by Gasteiger charge is 2.28. The fraction of sp³-hybridized carbons (Fsp3) is 0.310. The largest absolute Gasteiger partial charge is 0.484 e. The molecule has 0 unspecified atom stereocenters. The van der Waals surface area contributed by atoms with Gasteiger partial charge in [-0.2, -0.15) is 4.31 Å². The van der Waals surface area contributed by atoms with Gasteiger partial charge in [-0.05, 0) is 48.4 Å². The van der Waals surface area contributed by atoms with Gasteiger partial charge in [-0.1, -0.05) is 60.1 Å². The number of halogens is 1. The smallest absolute Gasteiger partial charge is 0.261 e. The lowest BCUT2D eigenvalue weighted by Crippen LogP contribution is -2.48. The summed E-state index contributed by atoms with van der Waals surface area (Å²) < 4.78 is 38.0. The van der Waals surface area contributed by atoms with Crippen LogP contribution in [0.1, 0.15) is 18.1 Å². The summed E-state index contributed by atoms with van der Waals surface area (Å²) in [5, 5.41) is 3.40. The summed E-state index contributed by atoms with van der Waals surface area (Å²) in [6, 6.07) is 21.7. The number of hydrogen-bond donors (Lipinski definition) is 1. The van der Waals surface area contributed by atoms with Crippen molar-refractivity contribution in [2.75, 3.05) is 32.9 Å². The van der Waals surface area contributed by atoms with Crippen molar-refractivity contribution in [3.05, 3.63) is 95.0 Å². The molecule has 1 aliphatic heterocycles. The van der Waals surface area contributed by atoms with Crippen molar-refractivity contribution >= 4 is 33.4 Å². The Hall–Kier alpha value is -3.44. The molecular weight excluding hydrogens is 554 g/mol. The van der Waals surface area contributed by atoms with Crippen LogP contribution in [0.25, 0.3) is 0 Å². The number of hydrogen-bond acceptors (Lipinski definition) is 6. The van der Waals surface area contributed by atoms with Crippen LogP contribution >= 0.6 is 11.6 Å². The lowest BCUT2D eigenvalue weighted by Gasteiger charge is -2.29. The van der Waals surface area contributed by atoms with Gasteiger partial charge in [0, 0.05) is 31.2 Å². The maximum atomic E-state index is 13.3. The van der Waals surface area contributed by atoms with Crippen LogP contribution in [0.2, 0.25) is 5.02 Å². The normalized spacial score (nSPS) is 14.8. The topological polar surface area (TPSA) is 105 Å². The van der Waals surface area contributed by atoms with E-state index in [2.05, 4.69) is 5.32 Å². The van der Waals surface area contributed by atoms with Gasteiger partial charge >= 0.3 is 0 Å². The number of rotatable bonds is 11. The van der Waals surface area contributed by atoms with Gasteiger partial charge in [0.25, 0.3) is 5.91 Å². The van der Waals surface area contributed by atoms with E-state index in [0.29, 0.717) is 37.1 Å². The molecule has 9 nitrogen and oxygen atoms in total. The molecule has 11 heteroatoms. The number of amides is 2. The first-order valence-electron chi connectivity index (χ1n) is 12.9. The Balaban J connectivity index is 1.41. The molecule has 0 aromatic heterocycles. The monoisotopic (exact) mass is 585 g/mol. The van der Waals surface area contributed by atoms with E-state index in [-0.39, 0.29) is 30.5 Å². The molecule has 0 bridgehead atoms. The van der Waals surface area contributed by atoms with Crippen LogP contribution in [-0.2, 0) is 37.4 Å². The first-order chi connectivity index (χ1) is 19.3. The summed E-state index contributed by atoms with van der Waals surface area (Å²) in [5.41, 5.74) is 1.63. The third-order valence-corrected chi connectivity index (χ3v) is 8.85. The quantitative estimate of drug-likeness (QED) is 0.369. The van der Waals surface area contributed by atoms with Crippen molar-refractivity contribution in [2.24, 2.45) is 0 Å². The van der Waals surface area contributed by atoms with E-state index in [4.69, 9.17) is 21.1 Å². The van der Waals surface area contributed by atoms with Gasteiger partial charge in [0.05, 0.1) is 18.1 Å². The van der Waals surface area contributed by atoms with Crippen LogP contribution in [-0.4, -0.2) is 68.4 Å². The average Bonchev–Trinajstić information content (AvgIpc) is 2.99. The lowest BCUT2D eigenvalue weighted by molar-refractivity contribution is -0.142. The van der Waals surface area contributed by atoms with Crippen molar-refractivity contribution < 1.29 is 27.5 Å². The highest BCUT2D eigenvalue weighted by molar-refractivity contribution is 7.89. The molecule has 1 fully saturated rings. The number of carbonyl (C=O) groups excluding carboxylic acids is 2. The summed E-state index contributed by atoms with van der Waals surface area (Å²) >= 11 is 6.21. The van der Waals surface area contributed by atoms with Gasteiger partial charge in [-0.25, -0.2) is 8.42 Å². The maximum Gasteiger partial charge on any atom is 0.261 e. The molecular formula is C29H32ClN3O6S. The number of benzene rings is 3. The Bertz CT molecular complexity index is 1400. The summed E-state index contributed by atoms with van der Waals surface area (Å²) in [7, 11) is -3.64. The molecule has 4 rings (SSSR count). The Labute approximate surface area is 239 Å². The Morgan fingerprint density at radius 3 is 2.33 bits per heavy atom. The predicted molar refractivity (Wildman–Crippen MR) is 151 cm³/mol.